The Hall–Kier alpha value is -2.62. The first-order valence-electron chi connectivity index (χ1n) is 5.25. The van der Waals surface area contributed by atoms with E-state index in [1.807, 2.05) is 0 Å². The molecule has 0 amide bonds. The Bertz CT molecular complexity index is 590. The molecule has 0 aromatic heterocycles. The van der Waals surface area contributed by atoms with Crippen LogP contribution in [0.1, 0.15) is 20.7 Å². The van der Waals surface area contributed by atoms with Crippen LogP contribution in [0.25, 0.3) is 0 Å². The Morgan fingerprint density at radius 3 is 2.61 bits per heavy atom. The van der Waals surface area contributed by atoms with Crippen molar-refractivity contribution in [3.63, 3.8) is 0 Å². The van der Waals surface area contributed by atoms with Gasteiger partial charge in [0, 0.05) is 11.6 Å². The SMILES string of the molecule is O=Cc1cccc(C(=O)Oc2cccc(O)c2)c1. The number of ether oxygens (including phenoxy) is 1. The van der Waals surface area contributed by atoms with Gasteiger partial charge in [-0.15, -0.1) is 0 Å². The monoisotopic (exact) mass is 242 g/mol. The number of carbonyl (C=O) groups excluding carboxylic acids is 2. The first kappa shape index (κ1) is 11.9. The van der Waals surface area contributed by atoms with Gasteiger partial charge in [-0.3, -0.25) is 4.79 Å². The fraction of sp³-hybridized carbons (Fsp3) is 0. The quantitative estimate of drug-likeness (QED) is 0.510. The molecule has 4 heteroatoms. The van der Waals surface area contributed by atoms with Crippen molar-refractivity contribution in [1.82, 2.24) is 0 Å². The lowest BCUT2D eigenvalue weighted by Gasteiger charge is -2.04. The third-order valence-corrected chi connectivity index (χ3v) is 2.29. The van der Waals surface area contributed by atoms with Gasteiger partial charge in [0.05, 0.1) is 5.56 Å². The number of hydrogen-bond acceptors (Lipinski definition) is 4. The maximum absolute atomic E-state index is 11.8. The summed E-state index contributed by atoms with van der Waals surface area (Å²) in [6, 6.07) is 12.1. The minimum Gasteiger partial charge on any atom is -0.508 e. The van der Waals surface area contributed by atoms with Gasteiger partial charge in [-0.05, 0) is 24.3 Å². The van der Waals surface area contributed by atoms with Crippen molar-refractivity contribution in [1.29, 1.82) is 0 Å². The summed E-state index contributed by atoms with van der Waals surface area (Å²) in [5.74, 6) is -0.317. The summed E-state index contributed by atoms with van der Waals surface area (Å²) in [5, 5.41) is 9.24. The Balaban J connectivity index is 2.19. The predicted molar refractivity (Wildman–Crippen MR) is 64.9 cm³/mol. The second-order valence-electron chi connectivity index (χ2n) is 3.63. The Morgan fingerprint density at radius 1 is 1.11 bits per heavy atom. The normalized spacial score (nSPS) is 9.78. The average molecular weight is 242 g/mol. The minimum atomic E-state index is -0.579. The summed E-state index contributed by atoms with van der Waals surface area (Å²) in [5.41, 5.74) is 0.684. The molecule has 90 valence electrons. The summed E-state index contributed by atoms with van der Waals surface area (Å²) >= 11 is 0. The lowest BCUT2D eigenvalue weighted by molar-refractivity contribution is 0.0734. The summed E-state index contributed by atoms with van der Waals surface area (Å²) < 4.78 is 5.07. The first-order valence-corrected chi connectivity index (χ1v) is 5.25. The maximum Gasteiger partial charge on any atom is 0.343 e. The van der Waals surface area contributed by atoms with Crippen molar-refractivity contribution in [2.45, 2.75) is 0 Å². The van der Waals surface area contributed by atoms with Gasteiger partial charge in [0.25, 0.3) is 0 Å². The molecule has 0 saturated heterocycles. The number of benzene rings is 2. The van der Waals surface area contributed by atoms with E-state index >= 15 is 0 Å². The number of rotatable bonds is 3. The molecule has 0 aliphatic rings. The van der Waals surface area contributed by atoms with E-state index in [1.165, 1.54) is 18.2 Å². The lowest BCUT2D eigenvalue weighted by atomic mass is 10.1. The van der Waals surface area contributed by atoms with E-state index in [1.54, 1.807) is 30.3 Å². The van der Waals surface area contributed by atoms with Crippen molar-refractivity contribution in [2.24, 2.45) is 0 Å². The number of esters is 1. The van der Waals surface area contributed by atoms with Gasteiger partial charge in [0.1, 0.15) is 17.8 Å². The van der Waals surface area contributed by atoms with Crippen LogP contribution in [0, 0.1) is 0 Å². The van der Waals surface area contributed by atoms with Crippen LogP contribution in [0.3, 0.4) is 0 Å². The third kappa shape index (κ3) is 2.74. The molecule has 2 aromatic rings. The minimum absolute atomic E-state index is 0.0157. The smallest absolute Gasteiger partial charge is 0.343 e. The van der Waals surface area contributed by atoms with Crippen LogP contribution < -0.4 is 4.74 Å². The van der Waals surface area contributed by atoms with E-state index in [9.17, 15) is 14.7 Å². The number of hydrogen-bond donors (Lipinski definition) is 1. The zero-order valence-corrected chi connectivity index (χ0v) is 9.37. The van der Waals surface area contributed by atoms with E-state index in [2.05, 4.69) is 0 Å². The molecule has 4 nitrogen and oxygen atoms in total. The highest BCUT2D eigenvalue weighted by Gasteiger charge is 2.09. The van der Waals surface area contributed by atoms with Gasteiger partial charge >= 0.3 is 5.97 Å². The highest BCUT2D eigenvalue weighted by Crippen LogP contribution is 2.19. The van der Waals surface area contributed by atoms with Gasteiger partial charge in [-0.1, -0.05) is 18.2 Å². The van der Waals surface area contributed by atoms with E-state index < -0.39 is 5.97 Å². The molecule has 0 aliphatic heterocycles. The summed E-state index contributed by atoms with van der Waals surface area (Å²) in [6.45, 7) is 0. The summed E-state index contributed by atoms with van der Waals surface area (Å²) in [6.07, 6.45) is 0.658. The highest BCUT2D eigenvalue weighted by molar-refractivity contribution is 5.93. The first-order chi connectivity index (χ1) is 8.69. The van der Waals surface area contributed by atoms with Gasteiger partial charge in [0.2, 0.25) is 0 Å². The Morgan fingerprint density at radius 2 is 1.89 bits per heavy atom. The molecule has 0 radical (unpaired) electrons. The number of aldehydes is 1. The van der Waals surface area contributed by atoms with Gasteiger partial charge < -0.3 is 9.84 Å². The fourth-order valence-corrected chi connectivity index (χ4v) is 1.45. The van der Waals surface area contributed by atoms with Crippen molar-refractivity contribution >= 4 is 12.3 Å². The molecular weight excluding hydrogens is 232 g/mol. The van der Waals surface area contributed by atoms with Crippen LogP contribution in [0.4, 0.5) is 0 Å². The van der Waals surface area contributed by atoms with Crippen molar-refractivity contribution in [2.75, 3.05) is 0 Å². The number of carbonyl (C=O) groups is 2. The number of phenolic OH excluding ortho intramolecular Hbond substituents is 1. The maximum atomic E-state index is 11.8. The molecule has 18 heavy (non-hydrogen) atoms. The van der Waals surface area contributed by atoms with Gasteiger partial charge in [-0.25, -0.2) is 4.79 Å². The summed E-state index contributed by atoms with van der Waals surface area (Å²) in [4.78, 5) is 22.4. The molecule has 0 spiro atoms. The zero-order chi connectivity index (χ0) is 13.0. The van der Waals surface area contributed by atoms with E-state index in [-0.39, 0.29) is 17.1 Å². The molecule has 0 unspecified atom stereocenters. The van der Waals surface area contributed by atoms with E-state index in [4.69, 9.17) is 4.74 Å². The van der Waals surface area contributed by atoms with Crippen LogP contribution in [0.2, 0.25) is 0 Å². The largest absolute Gasteiger partial charge is 0.508 e. The topological polar surface area (TPSA) is 63.6 Å². The van der Waals surface area contributed by atoms with Gasteiger partial charge in [0.15, 0.2) is 0 Å². The van der Waals surface area contributed by atoms with Crippen LogP contribution in [0.5, 0.6) is 11.5 Å². The van der Waals surface area contributed by atoms with E-state index in [0.717, 1.165) is 0 Å². The zero-order valence-electron chi connectivity index (χ0n) is 9.37. The van der Waals surface area contributed by atoms with Gasteiger partial charge in [-0.2, -0.15) is 0 Å². The van der Waals surface area contributed by atoms with Crippen LogP contribution >= 0.6 is 0 Å². The molecule has 2 rings (SSSR count). The molecule has 1 N–H and O–H groups in total. The molecule has 0 aliphatic carbocycles. The lowest BCUT2D eigenvalue weighted by Crippen LogP contribution is -2.08. The molecule has 0 atom stereocenters. The number of phenols is 1. The van der Waals surface area contributed by atoms with Crippen molar-refractivity contribution in [3.05, 3.63) is 59.7 Å². The molecule has 0 heterocycles. The van der Waals surface area contributed by atoms with Crippen LogP contribution in [0.15, 0.2) is 48.5 Å². The second kappa shape index (κ2) is 5.14. The van der Waals surface area contributed by atoms with Crippen LogP contribution in [-0.2, 0) is 0 Å². The standard InChI is InChI=1S/C14H10O4/c15-9-10-3-1-4-11(7-10)14(17)18-13-6-2-5-12(16)8-13/h1-9,16H. The molecule has 0 saturated carbocycles. The Labute approximate surface area is 103 Å². The van der Waals surface area contributed by atoms with Crippen molar-refractivity contribution in [3.8, 4) is 11.5 Å². The van der Waals surface area contributed by atoms with E-state index in [0.29, 0.717) is 11.8 Å². The molecular formula is C14H10O4. The molecule has 0 fully saturated rings. The Kier molecular flexibility index (Phi) is 3.38. The second-order valence-corrected chi connectivity index (χ2v) is 3.63. The summed E-state index contributed by atoms with van der Waals surface area (Å²) in [7, 11) is 0. The molecule has 0 bridgehead atoms. The third-order valence-electron chi connectivity index (χ3n) is 2.29. The number of aromatic hydroxyl groups is 1. The fourth-order valence-electron chi connectivity index (χ4n) is 1.45. The molecule has 2 aromatic carbocycles. The predicted octanol–water partition coefficient (Wildman–Crippen LogP) is 2.42. The van der Waals surface area contributed by atoms with Crippen molar-refractivity contribution < 1.29 is 19.4 Å². The average Bonchev–Trinajstić information content (AvgIpc) is 2.39. The van der Waals surface area contributed by atoms with Crippen LogP contribution in [-0.4, -0.2) is 17.4 Å². The highest BCUT2D eigenvalue weighted by atomic mass is 16.5.